The van der Waals surface area contributed by atoms with Gasteiger partial charge >= 0.3 is 0 Å². The highest BCUT2D eigenvalue weighted by Gasteiger charge is 2.20. The van der Waals surface area contributed by atoms with E-state index in [-0.39, 0.29) is 24.2 Å². The lowest BCUT2D eigenvalue weighted by Gasteiger charge is -2.20. The Bertz CT molecular complexity index is 1380. The van der Waals surface area contributed by atoms with E-state index in [1.807, 2.05) is 24.3 Å². The zero-order valence-corrected chi connectivity index (χ0v) is 20.8. The Morgan fingerprint density at radius 1 is 0.973 bits per heavy atom. The van der Waals surface area contributed by atoms with Gasteiger partial charge in [-0.15, -0.1) is 0 Å². The molecule has 4 rings (SSSR count). The third-order valence-corrected chi connectivity index (χ3v) is 5.77. The van der Waals surface area contributed by atoms with Crippen molar-refractivity contribution in [2.24, 2.45) is 0 Å². The lowest BCUT2D eigenvalue weighted by molar-refractivity contribution is -0.116. The van der Waals surface area contributed by atoms with Gasteiger partial charge in [-0.1, -0.05) is 6.07 Å². The van der Waals surface area contributed by atoms with Gasteiger partial charge in [0.25, 0.3) is 5.91 Å². The number of nitrogens with one attached hydrogen (secondary N) is 1. The average Bonchev–Trinajstić information content (AvgIpc) is 3.35. The van der Waals surface area contributed by atoms with E-state index >= 15 is 0 Å². The number of hydrogen-bond acceptors (Lipinski definition) is 5. The minimum absolute atomic E-state index is 0.180. The topological polar surface area (TPSA) is 85.7 Å². The van der Waals surface area contributed by atoms with Gasteiger partial charge in [0.2, 0.25) is 11.9 Å². The number of likely N-dealkylation sites (N-methyl/N-ethyl adjacent to an activating group) is 1. The molecule has 2 amide bonds. The fourth-order valence-corrected chi connectivity index (χ4v) is 3.77. The van der Waals surface area contributed by atoms with E-state index in [0.717, 1.165) is 5.56 Å². The highest BCUT2D eigenvalue weighted by Crippen LogP contribution is 2.26. The Balaban J connectivity index is 1.59. The molecule has 8 nitrogen and oxygen atoms in total. The molecule has 0 aliphatic rings. The number of anilines is 1. The van der Waals surface area contributed by atoms with Gasteiger partial charge in [0, 0.05) is 29.6 Å². The Labute approximate surface area is 214 Å². The van der Waals surface area contributed by atoms with Crippen LogP contribution in [0.5, 0.6) is 11.5 Å². The molecule has 0 atom stereocenters. The fraction of sp³-hybridized carbons (Fsp3) is 0.179. The molecule has 1 aromatic heterocycles. The monoisotopic (exact) mass is 502 g/mol. The lowest BCUT2D eigenvalue weighted by atomic mass is 10.1. The van der Waals surface area contributed by atoms with Gasteiger partial charge < -0.3 is 14.4 Å². The maximum absolute atomic E-state index is 13.5. The number of amides is 2. The van der Waals surface area contributed by atoms with E-state index in [1.165, 1.54) is 24.1 Å². The van der Waals surface area contributed by atoms with Crippen LogP contribution in [-0.2, 0) is 4.79 Å². The van der Waals surface area contributed by atoms with Crippen LogP contribution in [-0.4, -0.2) is 53.6 Å². The molecule has 0 aliphatic carbocycles. The summed E-state index contributed by atoms with van der Waals surface area (Å²) in [6.07, 6.45) is 1.75. The number of hydrogen-bond donors (Lipinski definition) is 1. The van der Waals surface area contributed by atoms with Gasteiger partial charge in [0.1, 0.15) is 23.9 Å². The summed E-state index contributed by atoms with van der Waals surface area (Å²) in [5, 5.41) is 2.81. The SMILES string of the molecule is CCN(CC(=O)Nc1nc(-c2ccc(OC)cc2)cn1-c1ccc(F)cc1)C(=O)c1cccc(OC)c1. The maximum atomic E-state index is 13.5. The van der Waals surface area contributed by atoms with Crippen LogP contribution in [0.2, 0.25) is 0 Å². The molecule has 0 saturated heterocycles. The van der Waals surface area contributed by atoms with Crippen LogP contribution in [0.3, 0.4) is 0 Å². The molecule has 1 heterocycles. The van der Waals surface area contributed by atoms with Crippen LogP contribution >= 0.6 is 0 Å². The van der Waals surface area contributed by atoms with Gasteiger partial charge in [-0.2, -0.15) is 0 Å². The summed E-state index contributed by atoms with van der Waals surface area (Å²) in [7, 11) is 3.11. The third kappa shape index (κ3) is 5.95. The molecule has 0 unspecified atom stereocenters. The first-order valence-corrected chi connectivity index (χ1v) is 11.6. The van der Waals surface area contributed by atoms with Gasteiger partial charge in [0.15, 0.2) is 0 Å². The molecule has 0 radical (unpaired) electrons. The Morgan fingerprint density at radius 2 is 1.68 bits per heavy atom. The average molecular weight is 503 g/mol. The molecule has 190 valence electrons. The van der Waals surface area contributed by atoms with Crippen molar-refractivity contribution in [3.63, 3.8) is 0 Å². The standard InChI is InChI=1S/C28H27FN4O4/c1-4-32(27(35)20-6-5-7-24(16-20)37-3)18-26(34)31-28-30-25(19-8-14-23(36-2)15-9-19)17-33(28)22-12-10-21(29)11-13-22/h5-17H,4,18H2,1-3H3,(H,30,31,34). The summed E-state index contributed by atoms with van der Waals surface area (Å²) < 4.78 is 25.6. The van der Waals surface area contributed by atoms with Crippen molar-refractivity contribution < 1.29 is 23.5 Å². The highest BCUT2D eigenvalue weighted by atomic mass is 19.1. The summed E-state index contributed by atoms with van der Waals surface area (Å²) >= 11 is 0. The van der Waals surface area contributed by atoms with Gasteiger partial charge in [0.05, 0.1) is 19.9 Å². The number of methoxy groups -OCH3 is 2. The third-order valence-electron chi connectivity index (χ3n) is 5.77. The molecule has 0 spiro atoms. The second-order valence-corrected chi connectivity index (χ2v) is 8.12. The number of carbonyl (C=O) groups is 2. The van der Waals surface area contributed by atoms with E-state index in [9.17, 15) is 14.0 Å². The van der Waals surface area contributed by atoms with E-state index in [0.29, 0.717) is 35.0 Å². The number of halogens is 1. The van der Waals surface area contributed by atoms with Crippen LogP contribution < -0.4 is 14.8 Å². The molecule has 0 fully saturated rings. The second kappa shape index (κ2) is 11.4. The number of nitrogens with zero attached hydrogens (tertiary/aromatic N) is 3. The summed E-state index contributed by atoms with van der Waals surface area (Å²) in [4.78, 5) is 32.1. The van der Waals surface area contributed by atoms with E-state index in [4.69, 9.17) is 9.47 Å². The minimum atomic E-state index is -0.423. The molecule has 0 aliphatic heterocycles. The van der Waals surface area contributed by atoms with Crippen molar-refractivity contribution in [3.05, 3.63) is 90.4 Å². The molecule has 0 bridgehead atoms. The maximum Gasteiger partial charge on any atom is 0.254 e. The molecule has 37 heavy (non-hydrogen) atoms. The number of rotatable bonds is 9. The van der Waals surface area contributed by atoms with Crippen molar-refractivity contribution in [3.8, 4) is 28.4 Å². The highest BCUT2D eigenvalue weighted by molar-refractivity contribution is 5.99. The molecular formula is C28H27FN4O4. The predicted molar refractivity (Wildman–Crippen MR) is 139 cm³/mol. The van der Waals surface area contributed by atoms with Gasteiger partial charge in [-0.3, -0.25) is 19.5 Å². The van der Waals surface area contributed by atoms with Crippen LogP contribution in [0.15, 0.2) is 79.0 Å². The van der Waals surface area contributed by atoms with Crippen molar-refractivity contribution in [1.29, 1.82) is 0 Å². The number of benzene rings is 3. The number of carbonyl (C=O) groups excluding carboxylic acids is 2. The van der Waals surface area contributed by atoms with E-state index < -0.39 is 5.91 Å². The molecule has 0 saturated carbocycles. The Morgan fingerprint density at radius 3 is 2.32 bits per heavy atom. The molecule has 4 aromatic rings. The van der Waals surface area contributed by atoms with Crippen LogP contribution in [0.1, 0.15) is 17.3 Å². The predicted octanol–water partition coefficient (Wildman–Crippen LogP) is 4.80. The number of ether oxygens (including phenoxy) is 2. The normalized spacial score (nSPS) is 10.6. The van der Waals surface area contributed by atoms with Gasteiger partial charge in [-0.25, -0.2) is 9.37 Å². The first-order chi connectivity index (χ1) is 17.9. The number of aromatic nitrogens is 2. The Kier molecular flexibility index (Phi) is 7.83. The quantitative estimate of drug-likeness (QED) is 0.356. The van der Waals surface area contributed by atoms with Crippen molar-refractivity contribution in [1.82, 2.24) is 14.5 Å². The molecule has 9 heteroatoms. The molecular weight excluding hydrogens is 475 g/mol. The van der Waals surface area contributed by atoms with Crippen LogP contribution in [0.25, 0.3) is 16.9 Å². The van der Waals surface area contributed by atoms with Crippen molar-refractivity contribution >= 4 is 17.8 Å². The summed E-state index contributed by atoms with van der Waals surface area (Å²) in [6, 6.07) is 20.0. The Hall–Kier alpha value is -4.66. The molecule has 1 N–H and O–H groups in total. The zero-order chi connectivity index (χ0) is 26.4. The summed E-state index contributed by atoms with van der Waals surface area (Å²) in [5.41, 5.74) is 2.44. The minimum Gasteiger partial charge on any atom is -0.497 e. The fourth-order valence-electron chi connectivity index (χ4n) is 3.77. The second-order valence-electron chi connectivity index (χ2n) is 8.12. The van der Waals surface area contributed by atoms with Crippen LogP contribution in [0.4, 0.5) is 10.3 Å². The smallest absolute Gasteiger partial charge is 0.254 e. The summed E-state index contributed by atoms with van der Waals surface area (Å²) in [5.74, 6) is 0.409. The van der Waals surface area contributed by atoms with Crippen molar-refractivity contribution in [2.75, 3.05) is 32.6 Å². The first kappa shape index (κ1) is 25.4. The first-order valence-electron chi connectivity index (χ1n) is 11.6. The summed E-state index contributed by atoms with van der Waals surface area (Å²) in [6.45, 7) is 1.94. The van der Waals surface area contributed by atoms with E-state index in [1.54, 1.807) is 61.2 Å². The largest absolute Gasteiger partial charge is 0.497 e. The van der Waals surface area contributed by atoms with Crippen molar-refractivity contribution in [2.45, 2.75) is 6.92 Å². The molecule has 3 aromatic carbocycles. The number of imidazole rings is 1. The van der Waals surface area contributed by atoms with E-state index in [2.05, 4.69) is 10.3 Å². The zero-order valence-electron chi connectivity index (χ0n) is 20.8. The lowest BCUT2D eigenvalue weighted by Crippen LogP contribution is -2.38. The van der Waals surface area contributed by atoms with Crippen LogP contribution in [0, 0.1) is 5.82 Å². The van der Waals surface area contributed by atoms with Gasteiger partial charge in [-0.05, 0) is 73.7 Å².